The van der Waals surface area contributed by atoms with Gasteiger partial charge in [-0.3, -0.25) is 4.57 Å². The molecular weight excluding hydrogens is 412 g/mol. The molecule has 3 rings (SSSR count). The van der Waals surface area contributed by atoms with Crippen molar-refractivity contribution in [2.45, 2.75) is 13.0 Å². The molecule has 0 unspecified atom stereocenters. The van der Waals surface area contributed by atoms with Crippen LogP contribution < -0.4 is 4.74 Å². The molecule has 0 bridgehead atoms. The maximum Gasteiger partial charge on any atom is 0.258 e. The van der Waals surface area contributed by atoms with Gasteiger partial charge in [0, 0.05) is 26.3 Å². The van der Waals surface area contributed by atoms with Crippen LogP contribution in [0.3, 0.4) is 0 Å². The molecule has 8 nitrogen and oxygen atoms in total. The number of rotatable bonds is 7. The second-order valence-electron chi connectivity index (χ2n) is 5.83. The molecule has 0 radical (unpaired) electrons. The number of nitriles is 1. The van der Waals surface area contributed by atoms with Crippen LogP contribution >= 0.6 is 23.6 Å². The van der Waals surface area contributed by atoms with Crippen molar-refractivity contribution in [2.24, 2.45) is 9.98 Å². The maximum atomic E-state index is 10.5. The number of aromatic nitrogens is 1. The first-order valence-corrected chi connectivity index (χ1v) is 9.81. The summed E-state index contributed by atoms with van der Waals surface area (Å²) in [5.41, 5.74) is 0.641. The summed E-state index contributed by atoms with van der Waals surface area (Å²) in [5, 5.41) is 19.8. The molecule has 1 N–H and O–H groups in total. The van der Waals surface area contributed by atoms with Crippen LogP contribution in [-0.4, -0.2) is 42.1 Å². The number of hydrogen-bond acceptors (Lipinski definition) is 9. The predicted octanol–water partition coefficient (Wildman–Crippen LogP) is 4.05. The molecule has 1 aliphatic heterocycles. The lowest BCUT2D eigenvalue weighted by Gasteiger charge is -2.04. The van der Waals surface area contributed by atoms with Gasteiger partial charge in [-0.05, 0) is 42.9 Å². The number of aromatic hydroxyl groups is 1. The summed E-state index contributed by atoms with van der Waals surface area (Å²) in [6.07, 6.45) is 2.26. The van der Waals surface area contributed by atoms with Crippen LogP contribution in [0, 0.1) is 15.3 Å². The van der Waals surface area contributed by atoms with Gasteiger partial charge in [-0.15, -0.1) is 11.3 Å². The van der Waals surface area contributed by atoms with E-state index in [1.807, 2.05) is 6.07 Å². The molecular formula is C19H18N4O4S2. The summed E-state index contributed by atoms with van der Waals surface area (Å²) in [6.45, 7) is 1.10. The molecule has 10 heteroatoms. The monoisotopic (exact) mass is 430 g/mol. The number of benzene rings is 1. The Bertz CT molecular complexity index is 1080. The second-order valence-corrected chi connectivity index (χ2v) is 7.50. The minimum Gasteiger partial charge on any atom is -0.497 e. The Hall–Kier alpha value is -3.00. The van der Waals surface area contributed by atoms with Crippen LogP contribution in [-0.2, 0) is 16.0 Å². The van der Waals surface area contributed by atoms with Gasteiger partial charge in [0.15, 0.2) is 3.95 Å². The predicted molar refractivity (Wildman–Crippen MR) is 113 cm³/mol. The molecule has 0 spiro atoms. The molecule has 0 saturated heterocycles. The van der Waals surface area contributed by atoms with E-state index in [1.54, 1.807) is 43.1 Å². The standard InChI is InChI=1S/C19H18N4O4S2/c1-25-9-3-8-23-18(24)15(29-19(23)28)10-16-22-14(11-20)17(27-16)21-12-4-6-13(26-2)7-5-12/h4-7,10,24H,3,8-9H2,1-2H3. The summed E-state index contributed by atoms with van der Waals surface area (Å²) in [6, 6.07) is 8.96. The van der Waals surface area contributed by atoms with Crippen molar-refractivity contribution >= 4 is 46.9 Å². The Balaban J connectivity index is 1.84. The zero-order chi connectivity index (χ0) is 20.8. The van der Waals surface area contributed by atoms with Crippen molar-refractivity contribution in [2.75, 3.05) is 20.8 Å². The van der Waals surface area contributed by atoms with Crippen LogP contribution in [0.4, 0.5) is 5.69 Å². The van der Waals surface area contributed by atoms with E-state index in [0.717, 1.165) is 6.42 Å². The van der Waals surface area contributed by atoms with Gasteiger partial charge in [-0.1, -0.05) is 0 Å². The lowest BCUT2D eigenvalue weighted by Crippen LogP contribution is -2.07. The highest BCUT2D eigenvalue weighted by atomic mass is 32.1. The van der Waals surface area contributed by atoms with E-state index in [4.69, 9.17) is 26.4 Å². The Labute approximate surface area is 176 Å². The molecule has 0 amide bonds. The fourth-order valence-corrected chi connectivity index (χ4v) is 3.78. The number of hydrogen-bond donors (Lipinski definition) is 1. The zero-order valence-corrected chi connectivity index (χ0v) is 17.4. The third-order valence-corrected chi connectivity index (χ3v) is 5.30. The molecule has 1 aromatic heterocycles. The van der Waals surface area contributed by atoms with Gasteiger partial charge >= 0.3 is 0 Å². The van der Waals surface area contributed by atoms with Crippen molar-refractivity contribution in [3.63, 3.8) is 0 Å². The highest BCUT2D eigenvalue weighted by Crippen LogP contribution is 2.30. The average Bonchev–Trinajstić information content (AvgIpc) is 3.23. The van der Waals surface area contributed by atoms with Crippen LogP contribution in [0.15, 0.2) is 40.1 Å². The number of aliphatic imine (C=N–C) groups is 2. The quantitative estimate of drug-likeness (QED) is 0.525. The molecule has 0 atom stereocenters. The van der Waals surface area contributed by atoms with E-state index in [2.05, 4.69) is 9.98 Å². The molecule has 1 aromatic carbocycles. The summed E-state index contributed by atoms with van der Waals surface area (Å²) in [7, 11) is 3.20. The maximum absolute atomic E-state index is 10.5. The molecule has 150 valence electrons. The van der Waals surface area contributed by atoms with Crippen molar-refractivity contribution in [3.05, 3.63) is 39.0 Å². The summed E-state index contributed by atoms with van der Waals surface area (Å²) in [5.74, 6) is 0.972. The number of nitrogens with zero attached hydrogens (tertiary/aromatic N) is 4. The Morgan fingerprint density at radius 2 is 2.14 bits per heavy atom. The Morgan fingerprint density at radius 1 is 1.38 bits per heavy atom. The minimum atomic E-state index is 0.0291. The summed E-state index contributed by atoms with van der Waals surface area (Å²) < 4.78 is 17.9. The first-order valence-electron chi connectivity index (χ1n) is 8.58. The van der Waals surface area contributed by atoms with E-state index < -0.39 is 0 Å². The second kappa shape index (κ2) is 9.47. The van der Waals surface area contributed by atoms with Gasteiger partial charge < -0.3 is 19.3 Å². The van der Waals surface area contributed by atoms with Gasteiger partial charge in [0.05, 0.1) is 17.7 Å². The van der Waals surface area contributed by atoms with E-state index in [9.17, 15) is 10.4 Å². The average molecular weight is 431 g/mol. The van der Waals surface area contributed by atoms with Gasteiger partial charge in [-0.2, -0.15) is 10.3 Å². The van der Waals surface area contributed by atoms with E-state index in [0.29, 0.717) is 33.4 Å². The lowest BCUT2D eigenvalue weighted by molar-refractivity contribution is 0.189. The molecule has 29 heavy (non-hydrogen) atoms. The topological polar surface area (TPSA) is 101 Å². The van der Waals surface area contributed by atoms with Gasteiger partial charge in [0.2, 0.25) is 17.5 Å². The third kappa shape index (κ3) is 4.89. The van der Waals surface area contributed by atoms with Gasteiger partial charge in [0.1, 0.15) is 11.8 Å². The number of methoxy groups -OCH3 is 2. The smallest absolute Gasteiger partial charge is 0.258 e. The van der Waals surface area contributed by atoms with Crippen molar-refractivity contribution < 1.29 is 19.3 Å². The van der Waals surface area contributed by atoms with Crippen molar-refractivity contribution in [1.29, 1.82) is 5.26 Å². The fourth-order valence-electron chi connectivity index (χ4n) is 2.50. The molecule has 0 aliphatic carbocycles. The first kappa shape index (κ1) is 20.7. The third-order valence-electron chi connectivity index (χ3n) is 3.91. The summed E-state index contributed by atoms with van der Waals surface area (Å²) >= 11 is 6.54. The molecule has 1 aliphatic rings. The normalized spacial score (nSPS) is 16.0. The summed E-state index contributed by atoms with van der Waals surface area (Å²) in [4.78, 5) is 8.95. The highest BCUT2D eigenvalue weighted by molar-refractivity contribution is 7.73. The lowest BCUT2D eigenvalue weighted by atomic mass is 10.3. The van der Waals surface area contributed by atoms with E-state index in [-0.39, 0.29) is 23.4 Å². The molecule has 2 heterocycles. The van der Waals surface area contributed by atoms with Gasteiger partial charge in [0.25, 0.3) is 5.90 Å². The number of thiazole rings is 1. The fraction of sp³-hybridized carbons (Fsp3) is 0.263. The van der Waals surface area contributed by atoms with Crippen molar-refractivity contribution in [3.8, 4) is 17.7 Å². The van der Waals surface area contributed by atoms with Crippen LogP contribution in [0.5, 0.6) is 11.6 Å². The van der Waals surface area contributed by atoms with Crippen molar-refractivity contribution in [1.82, 2.24) is 4.57 Å². The highest BCUT2D eigenvalue weighted by Gasteiger charge is 2.23. The Morgan fingerprint density at radius 3 is 2.79 bits per heavy atom. The first-order chi connectivity index (χ1) is 14.0. The van der Waals surface area contributed by atoms with E-state index in [1.165, 1.54) is 17.4 Å². The minimum absolute atomic E-state index is 0.0291. The van der Waals surface area contributed by atoms with Gasteiger partial charge in [-0.25, -0.2) is 4.99 Å². The molecule has 2 aromatic rings. The van der Waals surface area contributed by atoms with Crippen LogP contribution in [0.25, 0.3) is 6.08 Å². The van der Waals surface area contributed by atoms with Crippen LogP contribution in [0.1, 0.15) is 11.3 Å². The van der Waals surface area contributed by atoms with E-state index >= 15 is 0 Å². The Kier molecular flexibility index (Phi) is 6.77. The molecule has 0 saturated carbocycles. The SMILES string of the molecule is COCCCn1c(O)c(C=C2N=C(C#N)C(=Nc3ccc(OC)cc3)O2)sc1=S. The molecule has 0 fully saturated rings. The largest absolute Gasteiger partial charge is 0.497 e. The zero-order valence-electron chi connectivity index (χ0n) is 15.8. The van der Waals surface area contributed by atoms with Crippen LogP contribution in [0.2, 0.25) is 0 Å². The number of ether oxygens (including phenoxy) is 3.